The molecule has 28 heavy (non-hydrogen) atoms. The third-order valence-corrected chi connectivity index (χ3v) is 5.13. The quantitative estimate of drug-likeness (QED) is 0.373. The van der Waals surface area contributed by atoms with Gasteiger partial charge in [0.25, 0.3) is 0 Å². The first-order chi connectivity index (χ1) is 13.9. The standard InChI is InChI=1S/C26H20N2/c1-4-12-20(13-5-1)25(21-14-6-2-7-15-21)26-27-23-18-10-11-19-24(23)28(26)22-16-8-3-9-17-22/h1-19,25H. The Morgan fingerprint density at radius 2 is 1.04 bits per heavy atom. The number of hydrogen-bond donors (Lipinski definition) is 0. The van der Waals surface area contributed by atoms with Crippen LogP contribution in [0.4, 0.5) is 0 Å². The zero-order valence-corrected chi connectivity index (χ0v) is 15.4. The van der Waals surface area contributed by atoms with Gasteiger partial charge in [-0.15, -0.1) is 0 Å². The van der Waals surface area contributed by atoms with Gasteiger partial charge in [0.05, 0.1) is 17.0 Å². The van der Waals surface area contributed by atoms with Crippen LogP contribution >= 0.6 is 0 Å². The van der Waals surface area contributed by atoms with E-state index >= 15 is 0 Å². The van der Waals surface area contributed by atoms with Gasteiger partial charge in [-0.1, -0.05) is 91.0 Å². The average Bonchev–Trinajstić information content (AvgIpc) is 3.15. The number of aromatic nitrogens is 2. The minimum Gasteiger partial charge on any atom is -0.295 e. The van der Waals surface area contributed by atoms with Crippen molar-refractivity contribution < 1.29 is 0 Å². The maximum absolute atomic E-state index is 5.11. The molecule has 2 heteroatoms. The first kappa shape index (κ1) is 16.5. The van der Waals surface area contributed by atoms with E-state index in [4.69, 9.17) is 4.98 Å². The molecule has 0 saturated heterocycles. The predicted octanol–water partition coefficient (Wildman–Crippen LogP) is 6.21. The zero-order chi connectivity index (χ0) is 18.8. The predicted molar refractivity (Wildman–Crippen MR) is 115 cm³/mol. The van der Waals surface area contributed by atoms with Crippen LogP contribution in [0.5, 0.6) is 0 Å². The van der Waals surface area contributed by atoms with E-state index in [0.717, 1.165) is 22.5 Å². The normalized spacial score (nSPS) is 11.2. The monoisotopic (exact) mass is 360 g/mol. The van der Waals surface area contributed by atoms with Gasteiger partial charge in [-0.05, 0) is 35.4 Å². The molecule has 1 heterocycles. The Morgan fingerprint density at radius 1 is 0.536 bits per heavy atom. The average molecular weight is 360 g/mol. The summed E-state index contributed by atoms with van der Waals surface area (Å²) in [5.74, 6) is 1.08. The van der Waals surface area contributed by atoms with E-state index in [1.807, 2.05) is 6.07 Å². The Morgan fingerprint density at radius 3 is 1.64 bits per heavy atom. The lowest BCUT2D eigenvalue weighted by Crippen LogP contribution is -2.11. The number of fused-ring (bicyclic) bond motifs is 1. The SMILES string of the molecule is c1ccc(C(c2ccccc2)c2nc3ccccc3n2-c2ccccc2)cc1. The van der Waals surface area contributed by atoms with Crippen LogP contribution in [0, 0.1) is 0 Å². The molecule has 5 aromatic rings. The third-order valence-electron chi connectivity index (χ3n) is 5.13. The number of nitrogens with zero attached hydrogens (tertiary/aromatic N) is 2. The van der Waals surface area contributed by atoms with Crippen LogP contribution < -0.4 is 0 Å². The Kier molecular flexibility index (Phi) is 4.23. The summed E-state index contributed by atoms with van der Waals surface area (Å²) < 4.78 is 2.29. The van der Waals surface area contributed by atoms with Gasteiger partial charge in [-0.25, -0.2) is 4.98 Å². The minimum atomic E-state index is 0.0509. The lowest BCUT2D eigenvalue weighted by molar-refractivity contribution is 0.834. The Labute approximate surface area is 164 Å². The molecule has 1 aromatic heterocycles. The van der Waals surface area contributed by atoms with E-state index in [1.165, 1.54) is 11.1 Å². The fourth-order valence-electron chi connectivity index (χ4n) is 3.87. The third kappa shape index (κ3) is 2.89. The summed E-state index contributed by atoms with van der Waals surface area (Å²) in [7, 11) is 0. The first-order valence-corrected chi connectivity index (χ1v) is 9.54. The molecule has 0 amide bonds. The summed E-state index contributed by atoms with van der Waals surface area (Å²) in [6.07, 6.45) is 0. The second kappa shape index (κ2) is 7.16. The van der Waals surface area contributed by atoms with E-state index in [1.54, 1.807) is 0 Å². The van der Waals surface area contributed by atoms with Gasteiger partial charge in [0, 0.05) is 5.69 Å². The molecule has 0 spiro atoms. The molecule has 0 unspecified atom stereocenters. The molecule has 0 radical (unpaired) electrons. The maximum atomic E-state index is 5.11. The van der Waals surface area contributed by atoms with Gasteiger partial charge < -0.3 is 0 Å². The second-order valence-electron chi connectivity index (χ2n) is 6.88. The molecule has 0 bridgehead atoms. The van der Waals surface area contributed by atoms with E-state index < -0.39 is 0 Å². The summed E-state index contributed by atoms with van der Waals surface area (Å²) >= 11 is 0. The highest BCUT2D eigenvalue weighted by atomic mass is 15.1. The fraction of sp³-hybridized carbons (Fsp3) is 0.0385. The summed E-state index contributed by atoms with van der Waals surface area (Å²) in [4.78, 5) is 5.11. The molecule has 0 aliphatic carbocycles. The Balaban J connectivity index is 1.83. The van der Waals surface area contributed by atoms with Crippen LogP contribution in [0.2, 0.25) is 0 Å². The number of hydrogen-bond acceptors (Lipinski definition) is 1. The molecule has 0 aliphatic rings. The summed E-state index contributed by atoms with van der Waals surface area (Å²) in [5, 5.41) is 0. The number of imidazole rings is 1. The van der Waals surface area contributed by atoms with Gasteiger partial charge in [0.1, 0.15) is 5.82 Å². The number of para-hydroxylation sites is 3. The van der Waals surface area contributed by atoms with Crippen molar-refractivity contribution >= 4 is 11.0 Å². The van der Waals surface area contributed by atoms with Crippen molar-refractivity contribution in [3.63, 3.8) is 0 Å². The summed E-state index contributed by atoms with van der Waals surface area (Å²) in [6, 6.07) is 40.1. The van der Waals surface area contributed by atoms with Crippen molar-refractivity contribution in [3.05, 3.63) is 132 Å². The van der Waals surface area contributed by atoms with Crippen molar-refractivity contribution in [2.24, 2.45) is 0 Å². The molecule has 0 N–H and O–H groups in total. The minimum absolute atomic E-state index is 0.0509. The van der Waals surface area contributed by atoms with Crippen molar-refractivity contribution in [1.82, 2.24) is 9.55 Å². The number of benzene rings is 4. The van der Waals surface area contributed by atoms with Crippen LogP contribution in [0.25, 0.3) is 16.7 Å². The van der Waals surface area contributed by atoms with Gasteiger partial charge in [-0.3, -0.25) is 4.57 Å². The molecule has 4 aromatic carbocycles. The lowest BCUT2D eigenvalue weighted by atomic mass is 9.90. The molecule has 134 valence electrons. The van der Waals surface area contributed by atoms with Gasteiger partial charge in [0.15, 0.2) is 0 Å². The molecule has 5 rings (SSSR count). The molecule has 2 nitrogen and oxygen atoms in total. The molecule has 0 atom stereocenters. The van der Waals surface area contributed by atoms with Gasteiger partial charge in [-0.2, -0.15) is 0 Å². The molecule has 0 saturated carbocycles. The molecular formula is C26H20N2. The van der Waals surface area contributed by atoms with E-state index in [-0.39, 0.29) is 5.92 Å². The zero-order valence-electron chi connectivity index (χ0n) is 15.4. The van der Waals surface area contributed by atoms with Crippen LogP contribution in [0.3, 0.4) is 0 Å². The fourth-order valence-corrected chi connectivity index (χ4v) is 3.87. The van der Waals surface area contributed by atoms with Crippen molar-refractivity contribution in [1.29, 1.82) is 0 Å². The van der Waals surface area contributed by atoms with Gasteiger partial charge in [0.2, 0.25) is 0 Å². The van der Waals surface area contributed by atoms with Crippen LogP contribution in [-0.4, -0.2) is 9.55 Å². The second-order valence-corrected chi connectivity index (χ2v) is 6.88. The Bertz CT molecular complexity index is 1150. The largest absolute Gasteiger partial charge is 0.295 e. The highest BCUT2D eigenvalue weighted by molar-refractivity contribution is 5.78. The molecule has 0 fully saturated rings. The Hall–Kier alpha value is -3.65. The van der Waals surface area contributed by atoms with Crippen molar-refractivity contribution in [3.8, 4) is 5.69 Å². The van der Waals surface area contributed by atoms with Crippen molar-refractivity contribution in [2.45, 2.75) is 5.92 Å². The van der Waals surface area contributed by atoms with Crippen LogP contribution in [-0.2, 0) is 0 Å². The molecular weight excluding hydrogens is 340 g/mol. The lowest BCUT2D eigenvalue weighted by Gasteiger charge is -2.20. The highest BCUT2D eigenvalue weighted by Crippen LogP contribution is 2.35. The number of rotatable bonds is 4. The van der Waals surface area contributed by atoms with E-state index in [0.29, 0.717) is 0 Å². The van der Waals surface area contributed by atoms with Crippen molar-refractivity contribution in [2.75, 3.05) is 0 Å². The smallest absolute Gasteiger partial charge is 0.126 e. The maximum Gasteiger partial charge on any atom is 0.126 e. The first-order valence-electron chi connectivity index (χ1n) is 9.54. The summed E-state index contributed by atoms with van der Waals surface area (Å²) in [5.41, 5.74) is 5.74. The van der Waals surface area contributed by atoms with Gasteiger partial charge >= 0.3 is 0 Å². The van der Waals surface area contributed by atoms with Crippen LogP contribution in [0.15, 0.2) is 115 Å². The topological polar surface area (TPSA) is 17.8 Å². The van der Waals surface area contributed by atoms with E-state index in [2.05, 4.69) is 114 Å². The summed E-state index contributed by atoms with van der Waals surface area (Å²) in [6.45, 7) is 0. The van der Waals surface area contributed by atoms with Crippen LogP contribution in [0.1, 0.15) is 22.9 Å². The molecule has 0 aliphatic heterocycles. The van der Waals surface area contributed by atoms with E-state index in [9.17, 15) is 0 Å². The highest BCUT2D eigenvalue weighted by Gasteiger charge is 2.24.